The number of sulfone groups is 1. The van der Waals surface area contributed by atoms with E-state index < -0.39 is 31.1 Å². The summed E-state index contributed by atoms with van der Waals surface area (Å²) < 4.78 is 54.8. The second kappa shape index (κ2) is 7.50. The van der Waals surface area contributed by atoms with Gasteiger partial charge in [0.25, 0.3) is 5.69 Å². The predicted molar refractivity (Wildman–Crippen MR) is 98.2 cm³/mol. The normalized spacial score (nSPS) is 20.5. The first-order chi connectivity index (χ1) is 13.1. The van der Waals surface area contributed by atoms with E-state index in [0.717, 1.165) is 12.5 Å². The number of nitro benzene ring substituents is 1. The highest BCUT2D eigenvalue weighted by atomic mass is 32.2. The van der Waals surface area contributed by atoms with Crippen LogP contribution in [0.25, 0.3) is 0 Å². The molecule has 1 saturated heterocycles. The van der Waals surface area contributed by atoms with E-state index in [9.17, 15) is 27.3 Å². The van der Waals surface area contributed by atoms with E-state index in [1.54, 1.807) is 17.9 Å². The molecule has 0 saturated carbocycles. The molecule has 10 heteroatoms. The minimum atomic E-state index is -4.93. The Bertz CT molecular complexity index is 990. The highest BCUT2D eigenvalue weighted by molar-refractivity contribution is 7.91. The summed E-state index contributed by atoms with van der Waals surface area (Å²) in [4.78, 5) is 11.9. The van der Waals surface area contributed by atoms with Crippen LogP contribution in [-0.4, -0.2) is 25.6 Å². The molecule has 2 unspecified atom stereocenters. The van der Waals surface area contributed by atoms with Crippen LogP contribution in [-0.2, 0) is 9.84 Å². The molecular weight excluding hydrogens is 394 g/mol. The Balaban J connectivity index is 2.09. The lowest BCUT2D eigenvalue weighted by atomic mass is 9.90. The molecule has 7 nitrogen and oxygen atoms in total. The molecule has 2 heterocycles. The lowest BCUT2D eigenvalue weighted by molar-refractivity contribution is -0.384. The Morgan fingerprint density at radius 3 is 2.57 bits per heavy atom. The molecule has 3 rings (SSSR count). The van der Waals surface area contributed by atoms with Crippen LogP contribution in [0.5, 0.6) is 0 Å². The summed E-state index contributed by atoms with van der Waals surface area (Å²) in [6.07, 6.45) is 1.48. The van der Waals surface area contributed by atoms with Crippen molar-refractivity contribution in [1.82, 2.24) is 0 Å². The molecule has 0 spiro atoms. The third-order valence-electron chi connectivity index (χ3n) is 4.97. The monoisotopic (exact) mass is 414 g/mol. The summed E-state index contributed by atoms with van der Waals surface area (Å²) in [7, 11) is -4.93. The maximum Gasteiger partial charge on any atom is 0.341 e. The van der Waals surface area contributed by atoms with Gasteiger partial charge in [-0.25, -0.2) is 8.42 Å². The van der Waals surface area contributed by atoms with E-state index >= 15 is 0 Å². The molecule has 0 radical (unpaired) electrons. The minimum absolute atomic E-state index is 0.184. The lowest BCUT2D eigenvalue weighted by Crippen LogP contribution is -2.36. The average Bonchev–Trinajstić information content (AvgIpc) is 3.07. The highest BCUT2D eigenvalue weighted by Crippen LogP contribution is 2.42. The number of halogens is 2. The van der Waals surface area contributed by atoms with Crippen LogP contribution < -0.4 is 4.90 Å². The molecule has 28 heavy (non-hydrogen) atoms. The van der Waals surface area contributed by atoms with Gasteiger partial charge in [-0.3, -0.25) is 10.1 Å². The molecule has 2 aromatic rings. The van der Waals surface area contributed by atoms with E-state index in [-0.39, 0.29) is 11.7 Å². The first-order valence-corrected chi connectivity index (χ1v) is 10.3. The van der Waals surface area contributed by atoms with Crippen LogP contribution in [0.15, 0.2) is 39.6 Å². The number of alkyl halides is 2. The minimum Gasteiger partial charge on any atom is -0.464 e. The number of hydrogen-bond acceptors (Lipinski definition) is 6. The first-order valence-electron chi connectivity index (χ1n) is 8.74. The van der Waals surface area contributed by atoms with E-state index in [0.29, 0.717) is 36.5 Å². The Morgan fingerprint density at radius 2 is 2.00 bits per heavy atom. The van der Waals surface area contributed by atoms with Crippen molar-refractivity contribution in [3.8, 4) is 0 Å². The number of rotatable bonds is 5. The predicted octanol–water partition coefficient (Wildman–Crippen LogP) is 4.47. The van der Waals surface area contributed by atoms with Gasteiger partial charge in [-0.2, -0.15) is 8.78 Å². The van der Waals surface area contributed by atoms with Crippen molar-refractivity contribution in [2.24, 2.45) is 5.92 Å². The summed E-state index contributed by atoms with van der Waals surface area (Å²) in [5.41, 5.74) is -0.339. The molecule has 1 aliphatic rings. The molecule has 0 aliphatic carbocycles. The Kier molecular flexibility index (Phi) is 5.42. The number of furan rings is 1. The smallest absolute Gasteiger partial charge is 0.341 e. The molecule has 0 N–H and O–H groups in total. The molecule has 1 aliphatic heterocycles. The third kappa shape index (κ3) is 3.73. The Labute approximate surface area is 161 Å². The number of piperidine rings is 1. The van der Waals surface area contributed by atoms with Crippen molar-refractivity contribution in [2.45, 2.75) is 43.4 Å². The second-order valence-corrected chi connectivity index (χ2v) is 8.92. The van der Waals surface area contributed by atoms with E-state index in [1.807, 2.05) is 6.07 Å². The summed E-state index contributed by atoms with van der Waals surface area (Å²) in [5.74, 6) is -1.92. The standard InChI is InChI=1S/C18H20F2N2O5S/c1-11-7-8-21(16(9-11)17-6-3-12(2)27-17)14-5-4-13(10-15(14)22(23)24)28(25,26)18(19)20/h3-6,10-11,16,18H,7-9H2,1-2H3. The molecule has 1 aromatic heterocycles. The number of aryl methyl sites for hydroxylation is 1. The van der Waals surface area contributed by atoms with Crippen molar-refractivity contribution in [3.63, 3.8) is 0 Å². The van der Waals surface area contributed by atoms with E-state index in [1.165, 1.54) is 6.07 Å². The SMILES string of the molecule is Cc1ccc(C2CC(C)CCN2c2ccc(S(=O)(=O)C(F)F)cc2[N+](=O)[O-])o1. The van der Waals surface area contributed by atoms with Gasteiger partial charge in [0.2, 0.25) is 9.84 Å². The number of benzene rings is 1. The highest BCUT2D eigenvalue weighted by Gasteiger charge is 2.35. The molecule has 0 amide bonds. The lowest BCUT2D eigenvalue weighted by Gasteiger charge is -2.38. The molecule has 2 atom stereocenters. The van der Waals surface area contributed by atoms with Crippen molar-refractivity contribution < 1.29 is 26.5 Å². The van der Waals surface area contributed by atoms with Crippen LogP contribution in [0, 0.1) is 23.0 Å². The fraction of sp³-hybridized carbons (Fsp3) is 0.444. The van der Waals surface area contributed by atoms with Gasteiger partial charge in [-0.15, -0.1) is 0 Å². The molecule has 1 fully saturated rings. The van der Waals surface area contributed by atoms with Gasteiger partial charge >= 0.3 is 5.76 Å². The number of hydrogen-bond donors (Lipinski definition) is 0. The van der Waals surface area contributed by atoms with Gasteiger partial charge in [-0.05, 0) is 49.9 Å². The fourth-order valence-corrected chi connectivity index (χ4v) is 4.24. The number of nitrogens with zero attached hydrogens (tertiary/aromatic N) is 2. The zero-order valence-electron chi connectivity index (χ0n) is 15.3. The molecular formula is C18H20F2N2O5S. The van der Waals surface area contributed by atoms with Crippen LogP contribution in [0.3, 0.4) is 0 Å². The van der Waals surface area contributed by atoms with Gasteiger partial charge in [0.15, 0.2) is 0 Å². The molecule has 1 aromatic carbocycles. The Hall–Kier alpha value is -2.49. The van der Waals surface area contributed by atoms with Crippen LogP contribution >= 0.6 is 0 Å². The summed E-state index contributed by atoms with van der Waals surface area (Å²) >= 11 is 0. The van der Waals surface area contributed by atoms with Gasteiger partial charge in [0.05, 0.1) is 15.9 Å². The van der Waals surface area contributed by atoms with Crippen LogP contribution in [0.4, 0.5) is 20.2 Å². The zero-order chi connectivity index (χ0) is 20.6. The van der Waals surface area contributed by atoms with Crippen molar-refractivity contribution in [2.75, 3.05) is 11.4 Å². The summed E-state index contributed by atoms with van der Waals surface area (Å²) in [6, 6.07) is 6.28. The number of anilines is 1. The zero-order valence-corrected chi connectivity index (χ0v) is 16.2. The van der Waals surface area contributed by atoms with E-state index in [2.05, 4.69) is 6.92 Å². The van der Waals surface area contributed by atoms with E-state index in [4.69, 9.17) is 4.42 Å². The molecule has 0 bridgehead atoms. The molecule has 152 valence electrons. The van der Waals surface area contributed by atoms with Crippen molar-refractivity contribution >= 4 is 21.2 Å². The van der Waals surface area contributed by atoms with Gasteiger partial charge in [-0.1, -0.05) is 6.92 Å². The van der Waals surface area contributed by atoms with Crippen molar-refractivity contribution in [3.05, 3.63) is 52.0 Å². The van der Waals surface area contributed by atoms with Gasteiger partial charge in [0, 0.05) is 12.6 Å². The maximum atomic E-state index is 12.8. The number of nitro groups is 1. The first kappa shape index (κ1) is 20.2. The quantitative estimate of drug-likeness (QED) is 0.529. The van der Waals surface area contributed by atoms with Crippen LogP contribution in [0.1, 0.15) is 37.3 Å². The van der Waals surface area contributed by atoms with Gasteiger partial charge < -0.3 is 9.32 Å². The summed E-state index contributed by atoms with van der Waals surface area (Å²) in [5, 5.41) is 11.6. The largest absolute Gasteiger partial charge is 0.464 e. The fourth-order valence-electron chi connectivity index (χ4n) is 3.50. The maximum absolute atomic E-state index is 12.8. The summed E-state index contributed by atoms with van der Waals surface area (Å²) in [6.45, 7) is 4.37. The Morgan fingerprint density at radius 1 is 1.29 bits per heavy atom. The average molecular weight is 414 g/mol. The van der Waals surface area contributed by atoms with Crippen LogP contribution in [0.2, 0.25) is 0 Å². The van der Waals surface area contributed by atoms with Crippen molar-refractivity contribution in [1.29, 1.82) is 0 Å². The second-order valence-electron chi connectivity index (χ2n) is 7.00. The third-order valence-corrected chi connectivity index (χ3v) is 6.35. The van der Waals surface area contributed by atoms with Gasteiger partial charge in [0.1, 0.15) is 17.2 Å². The topological polar surface area (TPSA) is 93.7 Å².